The highest BCUT2D eigenvalue weighted by Gasteiger charge is 2.40. The zero-order chi connectivity index (χ0) is 16.7. The maximum atomic E-state index is 13.7. The van der Waals surface area contributed by atoms with Gasteiger partial charge in [0, 0.05) is 31.2 Å². The fraction of sp³-hybridized carbons (Fsp3) is 0.611. The minimum Gasteiger partial charge on any atom is -0.358 e. The second-order valence-corrected chi connectivity index (χ2v) is 7.44. The van der Waals surface area contributed by atoms with E-state index in [1.165, 1.54) is 12.5 Å². The van der Waals surface area contributed by atoms with Crippen LogP contribution in [0.4, 0.5) is 15.8 Å². The second kappa shape index (κ2) is 6.01. The Hall–Kier alpha value is -1.66. The number of likely N-dealkylation sites (tertiary alicyclic amines) is 1. The molecule has 24 heavy (non-hydrogen) atoms. The number of nitrogens with one attached hydrogen (secondary N) is 2. The van der Waals surface area contributed by atoms with Gasteiger partial charge < -0.3 is 15.5 Å². The number of carbonyl (C=O) groups is 1. The van der Waals surface area contributed by atoms with Crippen molar-refractivity contribution in [2.45, 2.75) is 43.9 Å². The highest BCUT2D eigenvalue weighted by Crippen LogP contribution is 2.39. The topological polar surface area (TPSA) is 47.6 Å². The molecular formula is C18H25FN4O. The van der Waals surface area contributed by atoms with Crippen LogP contribution in [0.25, 0.3) is 0 Å². The Morgan fingerprint density at radius 1 is 1.33 bits per heavy atom. The van der Waals surface area contributed by atoms with Gasteiger partial charge in [-0.1, -0.05) is 0 Å². The number of rotatable bonds is 3. The van der Waals surface area contributed by atoms with Crippen LogP contribution in [0.2, 0.25) is 0 Å². The lowest BCUT2D eigenvalue weighted by Gasteiger charge is -2.45. The fourth-order valence-electron chi connectivity index (χ4n) is 4.50. The first-order valence-corrected chi connectivity index (χ1v) is 8.86. The van der Waals surface area contributed by atoms with Gasteiger partial charge in [0.2, 0.25) is 0 Å². The van der Waals surface area contributed by atoms with Crippen molar-refractivity contribution in [3.8, 4) is 0 Å². The van der Waals surface area contributed by atoms with Crippen molar-refractivity contribution in [2.75, 3.05) is 36.4 Å². The second-order valence-electron chi connectivity index (χ2n) is 7.44. The summed E-state index contributed by atoms with van der Waals surface area (Å²) in [5, 5.41) is 6.66. The number of piperidine rings is 1. The van der Waals surface area contributed by atoms with E-state index in [-0.39, 0.29) is 23.6 Å². The number of anilines is 2. The van der Waals surface area contributed by atoms with Crippen LogP contribution in [0.5, 0.6) is 0 Å². The zero-order valence-electron chi connectivity index (χ0n) is 14.1. The highest BCUT2D eigenvalue weighted by atomic mass is 19.1. The lowest BCUT2D eigenvalue weighted by molar-refractivity contribution is -0.108. The molecule has 3 heterocycles. The minimum atomic E-state index is -0.387. The van der Waals surface area contributed by atoms with Gasteiger partial charge in [-0.25, -0.2) is 4.39 Å². The van der Waals surface area contributed by atoms with E-state index in [1.54, 1.807) is 12.1 Å². The highest BCUT2D eigenvalue weighted by molar-refractivity contribution is 5.84. The average Bonchev–Trinajstić information content (AvgIpc) is 3.19. The Balaban J connectivity index is 1.50. The van der Waals surface area contributed by atoms with Crippen molar-refractivity contribution in [2.24, 2.45) is 0 Å². The Kier molecular flexibility index (Phi) is 3.96. The number of nitrogens with zero attached hydrogens (tertiary/aromatic N) is 2. The Labute approximate surface area is 142 Å². The molecule has 2 fully saturated rings. The number of hydrogen-bond acceptors (Lipinski definition) is 5. The summed E-state index contributed by atoms with van der Waals surface area (Å²) in [4.78, 5) is 16.2. The molecule has 4 rings (SSSR count). The number of hydrogen-bond donors (Lipinski definition) is 2. The van der Waals surface area contributed by atoms with E-state index >= 15 is 0 Å². The molecule has 2 N–H and O–H groups in total. The van der Waals surface area contributed by atoms with Crippen molar-refractivity contribution in [1.29, 1.82) is 0 Å². The molecule has 2 unspecified atom stereocenters. The summed E-state index contributed by atoms with van der Waals surface area (Å²) in [5.41, 5.74) is 1.92. The Morgan fingerprint density at radius 3 is 2.79 bits per heavy atom. The first-order chi connectivity index (χ1) is 11.6. The van der Waals surface area contributed by atoms with E-state index in [0.29, 0.717) is 0 Å². The molecule has 2 saturated heterocycles. The lowest BCUT2D eigenvalue weighted by Crippen LogP contribution is -2.56. The Bertz CT molecular complexity index is 623. The molecule has 1 aromatic carbocycles. The molecule has 0 aliphatic carbocycles. The Morgan fingerprint density at radius 2 is 2.12 bits per heavy atom. The van der Waals surface area contributed by atoms with Crippen molar-refractivity contribution >= 4 is 17.7 Å². The SMILES string of the molecule is CC1(N2CCC(N3c4cc(F)ccc4NC3C=O)CC2)CCNC1. The van der Waals surface area contributed by atoms with Crippen LogP contribution in [0.15, 0.2) is 18.2 Å². The largest absolute Gasteiger partial charge is 0.358 e. The van der Waals surface area contributed by atoms with Crippen LogP contribution in [-0.4, -0.2) is 55.1 Å². The van der Waals surface area contributed by atoms with Crippen LogP contribution in [0.1, 0.15) is 26.2 Å². The van der Waals surface area contributed by atoms with Gasteiger partial charge >= 0.3 is 0 Å². The molecule has 0 aromatic heterocycles. The van der Waals surface area contributed by atoms with Crippen molar-refractivity contribution < 1.29 is 9.18 Å². The van der Waals surface area contributed by atoms with E-state index in [1.807, 2.05) is 0 Å². The number of aldehydes is 1. The number of carbonyl (C=O) groups excluding carboxylic acids is 1. The van der Waals surface area contributed by atoms with E-state index in [4.69, 9.17) is 0 Å². The number of halogens is 1. The fourth-order valence-corrected chi connectivity index (χ4v) is 4.50. The molecule has 3 aliphatic rings. The van der Waals surface area contributed by atoms with Crippen molar-refractivity contribution in [3.05, 3.63) is 24.0 Å². The third kappa shape index (κ3) is 2.58. The van der Waals surface area contributed by atoms with E-state index in [2.05, 4.69) is 27.4 Å². The van der Waals surface area contributed by atoms with Crippen LogP contribution >= 0.6 is 0 Å². The third-order valence-electron chi connectivity index (χ3n) is 5.94. The van der Waals surface area contributed by atoms with Crippen molar-refractivity contribution in [1.82, 2.24) is 10.2 Å². The van der Waals surface area contributed by atoms with Crippen molar-refractivity contribution in [3.63, 3.8) is 0 Å². The van der Waals surface area contributed by atoms with Gasteiger partial charge in [-0.2, -0.15) is 0 Å². The van der Waals surface area contributed by atoms with E-state index < -0.39 is 0 Å². The molecule has 0 radical (unpaired) electrons. The number of benzene rings is 1. The normalized spacial score (nSPS) is 31.1. The maximum Gasteiger partial charge on any atom is 0.162 e. The van der Waals surface area contributed by atoms with Crippen LogP contribution < -0.4 is 15.5 Å². The zero-order valence-corrected chi connectivity index (χ0v) is 14.1. The van der Waals surface area contributed by atoms with E-state index in [0.717, 1.165) is 56.7 Å². The van der Waals surface area contributed by atoms with Crippen LogP contribution in [0, 0.1) is 5.82 Å². The minimum absolute atomic E-state index is 0.252. The summed E-state index contributed by atoms with van der Waals surface area (Å²) in [6.07, 6.45) is 3.72. The lowest BCUT2D eigenvalue weighted by atomic mass is 9.93. The maximum absolute atomic E-state index is 13.7. The number of fused-ring (bicyclic) bond motifs is 1. The molecule has 2 atom stereocenters. The molecule has 0 bridgehead atoms. The molecule has 3 aliphatic heterocycles. The van der Waals surface area contributed by atoms with Gasteiger partial charge in [0.1, 0.15) is 5.82 Å². The van der Waals surface area contributed by atoms with Gasteiger partial charge in [-0.05, 0) is 50.9 Å². The molecule has 1 aromatic rings. The molecule has 6 heteroatoms. The summed E-state index contributed by atoms with van der Waals surface area (Å²) in [6, 6.07) is 4.97. The van der Waals surface area contributed by atoms with Gasteiger partial charge in [0.25, 0.3) is 0 Å². The third-order valence-corrected chi connectivity index (χ3v) is 5.94. The van der Waals surface area contributed by atoms with Crippen LogP contribution in [0.3, 0.4) is 0 Å². The van der Waals surface area contributed by atoms with Gasteiger partial charge in [0.15, 0.2) is 12.5 Å². The monoisotopic (exact) mass is 332 g/mol. The van der Waals surface area contributed by atoms with Crippen LogP contribution in [-0.2, 0) is 4.79 Å². The summed E-state index contributed by atoms with van der Waals surface area (Å²) in [6.45, 7) is 6.52. The summed E-state index contributed by atoms with van der Waals surface area (Å²) in [7, 11) is 0. The smallest absolute Gasteiger partial charge is 0.162 e. The summed E-state index contributed by atoms with van der Waals surface area (Å²) in [5.74, 6) is -0.255. The van der Waals surface area contributed by atoms with Gasteiger partial charge in [0.05, 0.1) is 11.4 Å². The predicted molar refractivity (Wildman–Crippen MR) is 92.8 cm³/mol. The molecule has 130 valence electrons. The molecular weight excluding hydrogens is 307 g/mol. The molecule has 0 spiro atoms. The van der Waals surface area contributed by atoms with Gasteiger partial charge in [-0.15, -0.1) is 0 Å². The molecule has 0 saturated carbocycles. The standard InChI is InChI=1S/C18H25FN4O/c1-18(6-7-20-12-18)22-8-4-14(5-9-22)23-16-10-13(19)2-3-15(16)21-17(23)11-24/h2-3,10-11,14,17,20-21H,4-9,12H2,1H3. The average molecular weight is 332 g/mol. The predicted octanol–water partition coefficient (Wildman–Crippen LogP) is 1.80. The molecule has 0 amide bonds. The molecule has 5 nitrogen and oxygen atoms in total. The van der Waals surface area contributed by atoms with E-state index in [9.17, 15) is 9.18 Å². The van der Waals surface area contributed by atoms with Gasteiger partial charge in [-0.3, -0.25) is 9.69 Å². The quantitative estimate of drug-likeness (QED) is 0.827. The summed E-state index contributed by atoms with van der Waals surface area (Å²) >= 11 is 0. The summed E-state index contributed by atoms with van der Waals surface area (Å²) < 4.78 is 13.7. The first kappa shape index (κ1) is 15.8. The first-order valence-electron chi connectivity index (χ1n) is 8.86.